The molecule has 20 nitrogen and oxygen atoms in total. The molecule has 1 fully saturated rings. The first-order valence-corrected chi connectivity index (χ1v) is 17.8. The van der Waals surface area contributed by atoms with E-state index in [-0.39, 0.29) is 82.8 Å². The van der Waals surface area contributed by atoms with Gasteiger partial charge in [-0.3, -0.25) is 38.8 Å². The SMILES string of the molecule is NC(=O)[C@H](Cc1c[nH]c2ccccc12)NC(=O)[C@H](CCCN=C(N)N)NC(=O)C1(NC(=O)[C@H](CCCN=C(N)N)NC(=O)[C@@H](N)CCC(=O)O)CCCC1. The number of benzene rings is 1. The highest BCUT2D eigenvalue weighted by Gasteiger charge is 2.45. The Morgan fingerprint density at radius 1 is 0.778 bits per heavy atom. The predicted molar refractivity (Wildman–Crippen MR) is 201 cm³/mol. The van der Waals surface area contributed by atoms with Crippen LogP contribution in [0, 0.1) is 0 Å². The Morgan fingerprint density at radius 3 is 1.93 bits per heavy atom. The molecule has 1 heterocycles. The lowest BCUT2D eigenvalue weighted by Crippen LogP contribution is -2.64. The van der Waals surface area contributed by atoms with Gasteiger partial charge in [0.15, 0.2) is 11.9 Å². The summed E-state index contributed by atoms with van der Waals surface area (Å²) in [6.45, 7) is 0.288. The minimum absolute atomic E-state index is 0.0540. The van der Waals surface area contributed by atoms with Gasteiger partial charge in [-0.05, 0) is 56.6 Å². The molecule has 1 aromatic heterocycles. The fourth-order valence-corrected chi connectivity index (χ4v) is 6.26. The van der Waals surface area contributed by atoms with E-state index in [2.05, 4.69) is 36.2 Å². The number of rotatable bonds is 22. The average Bonchev–Trinajstić information content (AvgIpc) is 3.76. The van der Waals surface area contributed by atoms with Crippen LogP contribution in [0.3, 0.4) is 0 Å². The summed E-state index contributed by atoms with van der Waals surface area (Å²) in [6.07, 6.45) is 3.54. The van der Waals surface area contributed by atoms with Crippen molar-refractivity contribution < 1.29 is 33.9 Å². The van der Waals surface area contributed by atoms with Crippen LogP contribution >= 0.6 is 0 Å². The number of aromatic nitrogens is 1. The monoisotopic (exact) mass is 755 g/mol. The van der Waals surface area contributed by atoms with Gasteiger partial charge >= 0.3 is 5.97 Å². The average molecular weight is 756 g/mol. The molecule has 1 aliphatic carbocycles. The number of aliphatic imine (C=N–C) groups is 2. The summed E-state index contributed by atoms with van der Waals surface area (Å²) in [5.74, 6) is -5.01. The van der Waals surface area contributed by atoms with Gasteiger partial charge in [-0.1, -0.05) is 31.0 Å². The second-order valence-corrected chi connectivity index (χ2v) is 13.3. The fourth-order valence-electron chi connectivity index (χ4n) is 6.26. The molecule has 0 radical (unpaired) electrons. The van der Waals surface area contributed by atoms with Gasteiger partial charge in [0.05, 0.1) is 6.04 Å². The molecule has 2 aromatic rings. The Labute approximate surface area is 312 Å². The number of carboxylic acid groups (broad SMARTS) is 1. The Kier molecular flexibility index (Phi) is 16.0. The third-order valence-corrected chi connectivity index (χ3v) is 9.16. The summed E-state index contributed by atoms with van der Waals surface area (Å²) in [5.41, 5.74) is 33.5. The summed E-state index contributed by atoms with van der Waals surface area (Å²) in [5, 5.41) is 20.7. The maximum Gasteiger partial charge on any atom is 0.303 e. The number of hydrogen-bond acceptors (Lipinski definition) is 9. The van der Waals surface area contributed by atoms with Crippen LogP contribution in [-0.2, 0) is 35.2 Å². The van der Waals surface area contributed by atoms with Gasteiger partial charge in [-0.2, -0.15) is 0 Å². The third-order valence-electron chi connectivity index (χ3n) is 9.16. The van der Waals surface area contributed by atoms with Crippen LogP contribution in [-0.4, -0.2) is 100 Å². The summed E-state index contributed by atoms with van der Waals surface area (Å²) in [6, 6.07) is 2.73. The Hall–Kier alpha value is -5.92. The molecule has 20 heteroatoms. The first-order valence-electron chi connectivity index (χ1n) is 17.8. The van der Waals surface area contributed by atoms with Crippen molar-refractivity contribution in [3.05, 3.63) is 36.0 Å². The van der Waals surface area contributed by atoms with E-state index < -0.39 is 65.2 Å². The highest BCUT2D eigenvalue weighted by molar-refractivity contribution is 5.98. The highest BCUT2D eigenvalue weighted by atomic mass is 16.4. The Balaban J connectivity index is 1.81. The van der Waals surface area contributed by atoms with Gasteiger partial charge in [-0.25, -0.2) is 0 Å². The summed E-state index contributed by atoms with van der Waals surface area (Å²) >= 11 is 0. The van der Waals surface area contributed by atoms with Crippen molar-refractivity contribution in [2.75, 3.05) is 13.1 Å². The molecular weight excluding hydrogens is 702 g/mol. The number of fused-ring (bicyclic) bond motifs is 1. The summed E-state index contributed by atoms with van der Waals surface area (Å²) in [7, 11) is 0. The van der Waals surface area contributed by atoms with E-state index >= 15 is 0 Å². The molecule has 4 atom stereocenters. The molecule has 0 aliphatic heterocycles. The van der Waals surface area contributed by atoms with Crippen molar-refractivity contribution in [1.29, 1.82) is 0 Å². The van der Waals surface area contributed by atoms with Crippen molar-refractivity contribution in [2.24, 2.45) is 44.4 Å². The smallest absolute Gasteiger partial charge is 0.303 e. The molecule has 0 bridgehead atoms. The zero-order chi connectivity index (χ0) is 39.8. The van der Waals surface area contributed by atoms with E-state index in [4.69, 9.17) is 39.5 Å². The minimum atomic E-state index is -1.46. The first kappa shape index (κ1) is 42.5. The van der Waals surface area contributed by atoms with Crippen molar-refractivity contribution in [1.82, 2.24) is 26.3 Å². The van der Waals surface area contributed by atoms with Gasteiger partial charge in [0.1, 0.15) is 23.7 Å². The second kappa shape index (κ2) is 20.4. The largest absolute Gasteiger partial charge is 0.481 e. The van der Waals surface area contributed by atoms with E-state index in [1.807, 2.05) is 24.3 Å². The Bertz CT molecular complexity index is 1700. The number of carboxylic acids is 1. The van der Waals surface area contributed by atoms with Crippen LogP contribution < -0.4 is 55.7 Å². The van der Waals surface area contributed by atoms with E-state index in [0.717, 1.165) is 16.5 Å². The van der Waals surface area contributed by atoms with Crippen molar-refractivity contribution >= 4 is 58.3 Å². The molecule has 54 heavy (non-hydrogen) atoms. The number of H-pyrrole nitrogens is 1. The molecule has 0 spiro atoms. The third kappa shape index (κ3) is 12.9. The number of nitrogens with two attached hydrogens (primary N) is 6. The maximum absolute atomic E-state index is 14.1. The van der Waals surface area contributed by atoms with E-state index in [1.165, 1.54) is 0 Å². The summed E-state index contributed by atoms with van der Waals surface area (Å²) in [4.78, 5) is 89.2. The lowest BCUT2D eigenvalue weighted by molar-refractivity contribution is -0.138. The zero-order valence-corrected chi connectivity index (χ0v) is 30.1. The molecule has 18 N–H and O–H groups in total. The number of primary amides is 1. The lowest BCUT2D eigenvalue weighted by Gasteiger charge is -2.33. The standard InChI is InChI=1S/C34H53N13O7/c35-21(11-12-26(48)49)28(51)44-24(10-6-16-42-33(39)40)30(53)47-34(13-3-4-14-34)31(54)46-23(9-5-15-41-32(37)38)29(52)45-25(27(36)50)17-19-18-43-22-8-2-1-7-20(19)22/h1-2,7-8,18,21,23-25,43H,3-6,9-17,35H2,(H2,36,50)(H,44,51)(H,45,52)(H,46,54)(H,47,53)(H,48,49)(H4,37,38,41)(H4,39,40,42)/t21-,23-,24-,25-/m0/s1. The van der Waals surface area contributed by atoms with E-state index in [1.54, 1.807) is 6.20 Å². The highest BCUT2D eigenvalue weighted by Crippen LogP contribution is 2.30. The molecule has 1 aromatic carbocycles. The van der Waals surface area contributed by atoms with Gasteiger partial charge in [0.2, 0.25) is 29.5 Å². The molecule has 296 valence electrons. The lowest BCUT2D eigenvalue weighted by atomic mass is 9.94. The number of guanidine groups is 2. The van der Waals surface area contributed by atoms with Crippen LogP contribution in [0.1, 0.15) is 69.8 Å². The molecule has 0 saturated heterocycles. The second-order valence-electron chi connectivity index (χ2n) is 13.3. The molecule has 1 aliphatic rings. The number of amides is 5. The van der Waals surface area contributed by atoms with Gasteiger partial charge in [0.25, 0.3) is 0 Å². The van der Waals surface area contributed by atoms with Gasteiger partial charge < -0.3 is 65.8 Å². The molecule has 1 saturated carbocycles. The minimum Gasteiger partial charge on any atom is -0.481 e. The number of carbonyl (C=O) groups excluding carboxylic acids is 5. The number of para-hydroxylation sites is 1. The first-order chi connectivity index (χ1) is 25.6. The van der Waals surface area contributed by atoms with Gasteiger partial charge in [-0.15, -0.1) is 0 Å². The zero-order valence-electron chi connectivity index (χ0n) is 30.1. The molecule has 0 unspecified atom stereocenters. The molecule has 5 amide bonds. The molecule has 3 rings (SSSR count). The van der Waals surface area contributed by atoms with Crippen LogP contribution in [0.25, 0.3) is 10.9 Å². The molecular formula is C34H53N13O7. The van der Waals surface area contributed by atoms with Crippen LogP contribution in [0.4, 0.5) is 0 Å². The normalized spacial score (nSPS) is 15.5. The summed E-state index contributed by atoms with van der Waals surface area (Å²) < 4.78 is 0. The topological polar surface area (TPSA) is 367 Å². The number of hydrogen-bond donors (Lipinski definition) is 12. The van der Waals surface area contributed by atoms with Crippen molar-refractivity contribution in [3.8, 4) is 0 Å². The fraction of sp³-hybridized carbons (Fsp3) is 0.529. The number of nitrogens with one attached hydrogen (secondary N) is 5. The predicted octanol–water partition coefficient (Wildman–Crippen LogP) is -2.62. The van der Waals surface area contributed by atoms with Crippen molar-refractivity contribution in [3.63, 3.8) is 0 Å². The van der Waals surface area contributed by atoms with Crippen LogP contribution in [0.15, 0.2) is 40.4 Å². The van der Waals surface area contributed by atoms with Crippen molar-refractivity contribution in [2.45, 2.75) is 100 Å². The van der Waals surface area contributed by atoms with Crippen LogP contribution in [0.5, 0.6) is 0 Å². The van der Waals surface area contributed by atoms with E-state index in [0.29, 0.717) is 12.8 Å². The number of aliphatic carboxylic acids is 1. The van der Waals surface area contributed by atoms with Crippen LogP contribution in [0.2, 0.25) is 0 Å². The maximum atomic E-state index is 14.1. The van der Waals surface area contributed by atoms with Gasteiger partial charge in [0, 0.05) is 43.0 Å². The van der Waals surface area contributed by atoms with E-state index in [9.17, 15) is 28.8 Å². The number of carbonyl (C=O) groups is 6. The number of aromatic amines is 1. The number of nitrogens with zero attached hydrogens (tertiary/aromatic N) is 2. The Morgan fingerprint density at radius 2 is 1.35 bits per heavy atom. The quantitative estimate of drug-likeness (QED) is 0.0334.